The smallest absolute Gasteiger partial charge is 0.321 e. The maximum absolute atomic E-state index is 14.5. The number of piperidine rings is 1. The van der Waals surface area contributed by atoms with Gasteiger partial charge in [0, 0.05) is 12.8 Å². The molecule has 8 nitrogen and oxygen atoms in total. The zero-order valence-corrected chi connectivity index (χ0v) is 16.7. The summed E-state index contributed by atoms with van der Waals surface area (Å²) in [7, 11) is 0. The number of carbonyl (C=O) groups is 1. The van der Waals surface area contributed by atoms with Crippen LogP contribution in [-0.2, 0) is 4.79 Å². The quantitative estimate of drug-likeness (QED) is 0.505. The molecule has 1 N–H and O–H groups in total. The molecule has 31 heavy (non-hydrogen) atoms. The minimum Gasteiger partial charge on any atom is -0.441 e. The van der Waals surface area contributed by atoms with Gasteiger partial charge < -0.3 is 14.6 Å². The number of hydrogen-bond donors (Lipinski definition) is 1. The SMILES string of the molecule is Cc1nc2c(F)cc(-c3ccc4nc(C5CCNCC5)n(OC=O)c(=O)c4c3)cc2o1. The molecule has 158 valence electrons. The molecule has 2 aromatic carbocycles. The van der Waals surface area contributed by atoms with E-state index in [4.69, 9.17) is 9.25 Å². The number of rotatable bonds is 4. The molecule has 0 aliphatic carbocycles. The van der Waals surface area contributed by atoms with Crippen LogP contribution in [0.4, 0.5) is 4.39 Å². The third-order valence-electron chi connectivity index (χ3n) is 5.60. The Kier molecular flexibility index (Phi) is 4.74. The average Bonchev–Trinajstić information content (AvgIpc) is 3.17. The first-order valence-electron chi connectivity index (χ1n) is 10.0. The van der Waals surface area contributed by atoms with E-state index in [0.717, 1.165) is 30.7 Å². The number of fused-ring (bicyclic) bond motifs is 2. The third kappa shape index (κ3) is 3.36. The van der Waals surface area contributed by atoms with Gasteiger partial charge >= 0.3 is 6.47 Å². The summed E-state index contributed by atoms with van der Waals surface area (Å²) in [5.74, 6) is 0.297. The highest BCUT2D eigenvalue weighted by molar-refractivity contribution is 5.87. The monoisotopic (exact) mass is 422 g/mol. The lowest BCUT2D eigenvalue weighted by Crippen LogP contribution is -2.35. The lowest BCUT2D eigenvalue weighted by atomic mass is 9.97. The van der Waals surface area contributed by atoms with E-state index in [-0.39, 0.29) is 23.3 Å². The van der Waals surface area contributed by atoms with Gasteiger partial charge in [0.15, 0.2) is 23.1 Å². The number of halogens is 1. The van der Waals surface area contributed by atoms with E-state index < -0.39 is 11.4 Å². The molecule has 0 spiro atoms. The van der Waals surface area contributed by atoms with Crippen molar-refractivity contribution in [2.24, 2.45) is 0 Å². The molecule has 1 saturated heterocycles. The Hall–Kier alpha value is -3.59. The summed E-state index contributed by atoms with van der Waals surface area (Å²) in [6.45, 7) is 3.47. The molecule has 0 atom stereocenters. The zero-order valence-electron chi connectivity index (χ0n) is 16.7. The van der Waals surface area contributed by atoms with Crippen molar-refractivity contribution in [1.82, 2.24) is 20.0 Å². The molecule has 5 rings (SSSR count). The van der Waals surface area contributed by atoms with E-state index in [0.29, 0.717) is 33.9 Å². The molecule has 1 aliphatic heterocycles. The third-order valence-corrected chi connectivity index (χ3v) is 5.60. The number of nitrogens with zero attached hydrogens (tertiary/aromatic N) is 3. The minimum absolute atomic E-state index is 0.00386. The van der Waals surface area contributed by atoms with Gasteiger partial charge in [0.2, 0.25) is 0 Å². The Labute approximate surface area is 175 Å². The summed E-state index contributed by atoms with van der Waals surface area (Å²) in [5, 5.41) is 3.53. The first kappa shape index (κ1) is 19.4. The van der Waals surface area contributed by atoms with Gasteiger partial charge in [0.05, 0.1) is 10.9 Å². The van der Waals surface area contributed by atoms with Crippen LogP contribution in [0.15, 0.2) is 39.5 Å². The largest absolute Gasteiger partial charge is 0.441 e. The molecule has 1 aliphatic rings. The number of nitrogens with one attached hydrogen (secondary N) is 1. The van der Waals surface area contributed by atoms with E-state index in [1.807, 2.05) is 0 Å². The van der Waals surface area contributed by atoms with Gasteiger partial charge in [-0.2, -0.15) is 0 Å². The molecule has 1 fully saturated rings. The van der Waals surface area contributed by atoms with Gasteiger partial charge in [-0.05, 0) is 61.3 Å². The lowest BCUT2D eigenvalue weighted by molar-refractivity contribution is -0.130. The highest BCUT2D eigenvalue weighted by Gasteiger charge is 2.23. The fourth-order valence-corrected chi connectivity index (χ4v) is 4.11. The predicted octanol–water partition coefficient (Wildman–Crippen LogP) is 2.70. The Balaban J connectivity index is 1.67. The first-order chi connectivity index (χ1) is 15.0. The maximum Gasteiger partial charge on any atom is 0.321 e. The van der Waals surface area contributed by atoms with Gasteiger partial charge in [0.1, 0.15) is 5.52 Å². The van der Waals surface area contributed by atoms with Crippen molar-refractivity contribution in [3.05, 3.63) is 58.2 Å². The molecule has 0 radical (unpaired) electrons. The van der Waals surface area contributed by atoms with E-state index in [9.17, 15) is 14.0 Å². The molecular weight excluding hydrogens is 403 g/mol. The number of benzene rings is 2. The van der Waals surface area contributed by atoms with Crippen molar-refractivity contribution in [1.29, 1.82) is 0 Å². The van der Waals surface area contributed by atoms with E-state index >= 15 is 0 Å². The maximum atomic E-state index is 14.5. The van der Waals surface area contributed by atoms with Crippen molar-refractivity contribution < 1.29 is 18.4 Å². The number of hydrogen-bond acceptors (Lipinski definition) is 7. The Bertz CT molecular complexity index is 1370. The molecule has 2 aromatic heterocycles. The first-order valence-corrected chi connectivity index (χ1v) is 10.0. The Morgan fingerprint density at radius 2 is 2.00 bits per heavy atom. The number of carbonyl (C=O) groups excluding carboxylic acids is 1. The van der Waals surface area contributed by atoms with Crippen LogP contribution in [0.5, 0.6) is 0 Å². The van der Waals surface area contributed by atoms with Crippen molar-refractivity contribution in [2.45, 2.75) is 25.7 Å². The summed E-state index contributed by atoms with van der Waals surface area (Å²) in [6, 6.07) is 8.14. The highest BCUT2D eigenvalue weighted by atomic mass is 19.1. The standard InChI is InChI=1S/C22H19FN4O4/c1-12-25-20-17(23)9-15(10-19(20)31-12)14-2-3-18-16(8-14)22(29)27(30-11-28)21(26-18)13-4-6-24-7-5-13/h2-3,8-11,13,24H,4-7H2,1H3. The highest BCUT2D eigenvalue weighted by Crippen LogP contribution is 2.30. The van der Waals surface area contributed by atoms with Crippen molar-refractivity contribution in [3.63, 3.8) is 0 Å². The van der Waals surface area contributed by atoms with Crippen LogP contribution in [0, 0.1) is 12.7 Å². The molecule has 0 unspecified atom stereocenters. The molecule has 0 saturated carbocycles. The van der Waals surface area contributed by atoms with Crippen LogP contribution in [0.3, 0.4) is 0 Å². The topological polar surface area (TPSA) is 99.2 Å². The molecule has 3 heterocycles. The Morgan fingerprint density at radius 1 is 1.19 bits per heavy atom. The molecule has 4 aromatic rings. The van der Waals surface area contributed by atoms with Crippen molar-refractivity contribution in [3.8, 4) is 11.1 Å². The van der Waals surface area contributed by atoms with Gasteiger partial charge in [-0.1, -0.05) is 6.07 Å². The van der Waals surface area contributed by atoms with Crippen LogP contribution >= 0.6 is 0 Å². The number of oxazole rings is 1. The van der Waals surface area contributed by atoms with Gasteiger partial charge in [0.25, 0.3) is 5.56 Å². The van der Waals surface area contributed by atoms with E-state index in [1.165, 1.54) is 6.07 Å². The lowest BCUT2D eigenvalue weighted by Gasteiger charge is -2.23. The number of aromatic nitrogens is 3. The van der Waals surface area contributed by atoms with Crippen molar-refractivity contribution in [2.75, 3.05) is 13.1 Å². The van der Waals surface area contributed by atoms with Crippen LogP contribution in [0.1, 0.15) is 30.5 Å². The predicted molar refractivity (Wildman–Crippen MR) is 111 cm³/mol. The summed E-state index contributed by atoms with van der Waals surface area (Å²) >= 11 is 0. The second kappa shape index (κ2) is 7.59. The summed E-state index contributed by atoms with van der Waals surface area (Å²) < 4.78 is 20.9. The molecule has 0 amide bonds. The van der Waals surface area contributed by atoms with Crippen LogP contribution in [-0.4, -0.2) is 34.3 Å². The average molecular weight is 422 g/mol. The van der Waals surface area contributed by atoms with Gasteiger partial charge in [-0.15, -0.1) is 4.73 Å². The molecular formula is C22H19FN4O4. The zero-order chi connectivity index (χ0) is 21.5. The summed E-state index contributed by atoms with van der Waals surface area (Å²) in [6.07, 6.45) is 1.57. The van der Waals surface area contributed by atoms with Crippen LogP contribution < -0.4 is 15.7 Å². The van der Waals surface area contributed by atoms with E-state index in [1.54, 1.807) is 31.2 Å². The van der Waals surface area contributed by atoms with E-state index in [2.05, 4.69) is 15.3 Å². The normalized spacial score (nSPS) is 14.9. The molecule has 9 heteroatoms. The summed E-state index contributed by atoms with van der Waals surface area (Å²) in [4.78, 5) is 37.9. The second-order valence-electron chi connectivity index (χ2n) is 7.57. The Morgan fingerprint density at radius 3 is 2.77 bits per heavy atom. The fraction of sp³-hybridized carbons (Fsp3) is 0.273. The van der Waals surface area contributed by atoms with Crippen LogP contribution in [0.25, 0.3) is 33.1 Å². The number of aryl methyl sites for hydroxylation is 1. The molecule has 0 bridgehead atoms. The summed E-state index contributed by atoms with van der Waals surface area (Å²) in [5.41, 5.74) is 1.64. The minimum atomic E-state index is -0.509. The van der Waals surface area contributed by atoms with Gasteiger partial charge in [-0.25, -0.2) is 14.4 Å². The van der Waals surface area contributed by atoms with Gasteiger partial charge in [-0.3, -0.25) is 9.59 Å². The second-order valence-corrected chi connectivity index (χ2v) is 7.57. The van der Waals surface area contributed by atoms with Crippen LogP contribution in [0.2, 0.25) is 0 Å². The van der Waals surface area contributed by atoms with Crippen molar-refractivity contribution >= 4 is 28.5 Å². The fourth-order valence-electron chi connectivity index (χ4n) is 4.11.